The average Bonchev–Trinajstić information content (AvgIpc) is 1.25. The van der Waals surface area contributed by atoms with Crippen molar-refractivity contribution in [1.29, 1.82) is 0 Å². The quantitative estimate of drug-likeness (QED) is 0.183. The van der Waals surface area contributed by atoms with Crippen LogP contribution in [-0.4, -0.2) is 75.9 Å². The zero-order valence-corrected chi connectivity index (χ0v) is 15.9. The van der Waals surface area contributed by atoms with E-state index in [4.69, 9.17) is 30.6 Å². The van der Waals surface area contributed by atoms with Crippen LogP contribution in [0, 0.1) is 121 Å². The van der Waals surface area contributed by atoms with Crippen molar-refractivity contribution in [2.45, 2.75) is 0 Å². The van der Waals surface area contributed by atoms with Crippen LogP contribution in [0.15, 0.2) is 0 Å². The van der Waals surface area contributed by atoms with Gasteiger partial charge in [-0.15, -0.1) is 0 Å². The Bertz CT molecular complexity index is 79.1. The zero-order chi connectivity index (χ0) is 7.15. The van der Waals surface area contributed by atoms with Crippen molar-refractivity contribution in [2.24, 2.45) is 0 Å². The molecule has 22 heavy (non-hydrogen) atoms. The molecule has 20 nitrogen and oxygen atoms in total. The maximum absolute atomic E-state index is 8.25. The first kappa shape index (κ1) is 232. The van der Waals surface area contributed by atoms with Gasteiger partial charge >= 0.3 is 90.2 Å². The normalized spacial score (nSPS) is 2.18. The number of hydrogen-bond acceptors (Lipinski definition) is 6. The van der Waals surface area contributed by atoms with Crippen LogP contribution >= 0.6 is 0 Å². The topological polar surface area (TPSA) is 510 Å². The van der Waals surface area contributed by atoms with E-state index in [0.29, 0.717) is 0 Å². The van der Waals surface area contributed by atoms with E-state index >= 15 is 0 Å². The third-order valence-corrected chi connectivity index (χ3v) is 0. The summed E-state index contributed by atoms with van der Waals surface area (Å²) in [6.07, 6.45) is 0. The Morgan fingerprint density at radius 3 is 0.409 bits per heavy atom. The largest absolute Gasteiger partial charge is 3.00 e. The Hall–Kier alpha value is 0.855. The fraction of sp³-hybridized carbons (Fsp3) is 0. The molecule has 0 aromatic carbocycles. The minimum atomic E-state index is -1.75. The van der Waals surface area contributed by atoms with Gasteiger partial charge in [-0.05, 0) is 0 Å². The minimum absolute atomic E-state index is 0. The Labute approximate surface area is 194 Å². The van der Waals surface area contributed by atoms with E-state index in [-0.39, 0.29) is 156 Å². The standard InChI is InChI=1S/Eu.2NO3.Nd.12H2O/c;2*2-1(3)4;;;;;;;;;;;;;/h;;;;12*1H2/q+2;2*-1;+3;;;;;;;;;;;;. The summed E-state index contributed by atoms with van der Waals surface area (Å²) < 4.78 is 0. The zero-order valence-electron chi connectivity index (χ0n) is 10.2. The molecular weight excluding hydrogens is 612 g/mol. The third kappa shape index (κ3) is 11200. The molecule has 0 rings (SSSR count). The summed E-state index contributed by atoms with van der Waals surface area (Å²) in [6, 6.07) is 0. The summed E-state index contributed by atoms with van der Waals surface area (Å²) in [6.45, 7) is 0. The molecule has 0 heterocycles. The average molecular weight is 636 g/mol. The van der Waals surface area contributed by atoms with E-state index < -0.39 is 10.2 Å². The second-order valence-corrected chi connectivity index (χ2v) is 0.447. The van der Waals surface area contributed by atoms with Gasteiger partial charge in [-0.2, -0.15) is 0 Å². The van der Waals surface area contributed by atoms with Crippen molar-refractivity contribution >= 4 is 0 Å². The summed E-state index contributed by atoms with van der Waals surface area (Å²) in [5.41, 5.74) is 0. The van der Waals surface area contributed by atoms with E-state index in [9.17, 15) is 0 Å². The Morgan fingerprint density at radius 2 is 0.409 bits per heavy atom. The first-order valence-electron chi connectivity index (χ1n) is 1.10. The van der Waals surface area contributed by atoms with Gasteiger partial charge in [0.1, 0.15) is 0 Å². The molecule has 0 bridgehead atoms. The summed E-state index contributed by atoms with van der Waals surface area (Å²) in [5.74, 6) is 0. The molecule has 0 aromatic heterocycles. The van der Waals surface area contributed by atoms with Gasteiger partial charge in [0.05, 0.1) is 10.2 Å². The van der Waals surface area contributed by atoms with Crippen molar-refractivity contribution in [2.75, 3.05) is 0 Å². The van der Waals surface area contributed by atoms with Gasteiger partial charge < -0.3 is 96.4 Å². The predicted octanol–water partition coefficient (Wildman–Crippen LogP) is -10.4. The van der Waals surface area contributed by atoms with E-state index in [2.05, 4.69) is 0 Å². The van der Waals surface area contributed by atoms with E-state index in [1.165, 1.54) is 0 Å². The molecule has 0 atom stereocenters. The summed E-state index contributed by atoms with van der Waals surface area (Å²) in [7, 11) is 0. The van der Waals surface area contributed by atoms with Crippen LogP contribution in [0.1, 0.15) is 0 Å². The van der Waals surface area contributed by atoms with Gasteiger partial charge in [0.25, 0.3) is 0 Å². The van der Waals surface area contributed by atoms with Crippen molar-refractivity contribution in [3.63, 3.8) is 0 Å². The van der Waals surface area contributed by atoms with Crippen molar-refractivity contribution in [3.05, 3.63) is 30.6 Å². The molecule has 0 saturated heterocycles. The SMILES string of the molecule is O.O.O.O.O.O.O.O.O.O.O.O.O=[N+]([O-])[O-].O=[N+]([O-])[O-].[Eu+2].[Nd+3]. The van der Waals surface area contributed by atoms with Crippen molar-refractivity contribution < 1.29 is 166 Å². The maximum Gasteiger partial charge on any atom is 3.00 e. The fourth-order valence-corrected chi connectivity index (χ4v) is 0. The molecule has 0 unspecified atom stereocenters. The van der Waals surface area contributed by atoms with Crippen LogP contribution in [0.25, 0.3) is 0 Å². The van der Waals surface area contributed by atoms with Gasteiger partial charge in [0, 0.05) is 0 Å². The summed E-state index contributed by atoms with van der Waals surface area (Å²) in [5, 5.41) is 29.5. The van der Waals surface area contributed by atoms with Crippen LogP contribution in [0.4, 0.5) is 0 Å². The molecule has 0 fully saturated rings. The molecule has 0 spiro atoms. The second-order valence-electron chi connectivity index (χ2n) is 0.447. The molecule has 0 aliphatic rings. The fourth-order valence-electron chi connectivity index (χ4n) is 0. The minimum Gasteiger partial charge on any atom is -0.412 e. The molecule has 24 N–H and O–H groups in total. The molecule has 0 aliphatic carbocycles. The van der Waals surface area contributed by atoms with Gasteiger partial charge in [-0.25, -0.2) is 0 Å². The van der Waals surface area contributed by atoms with E-state index in [1.54, 1.807) is 0 Å². The van der Waals surface area contributed by atoms with Gasteiger partial charge in [-0.1, -0.05) is 0 Å². The second kappa shape index (κ2) is 202. The Balaban J connectivity index is -0.00000000143. The van der Waals surface area contributed by atoms with Gasteiger partial charge in [0.15, 0.2) is 0 Å². The molecule has 22 heteroatoms. The Morgan fingerprint density at radius 1 is 0.409 bits per heavy atom. The molecule has 0 saturated carbocycles. The summed E-state index contributed by atoms with van der Waals surface area (Å²) in [4.78, 5) is 16.5. The molecular formula is H24EuN2NdO18+3. The van der Waals surface area contributed by atoms with Crippen LogP contribution < -0.4 is 0 Å². The Kier molecular flexibility index (Phi) is 2140. The summed E-state index contributed by atoms with van der Waals surface area (Å²) >= 11 is 0. The van der Waals surface area contributed by atoms with Crippen LogP contribution in [-0.2, 0) is 0 Å². The molecule has 0 aromatic rings. The smallest absolute Gasteiger partial charge is 0.412 e. The van der Waals surface area contributed by atoms with Gasteiger partial charge in [-0.3, -0.25) is 0 Å². The predicted molar refractivity (Wildman–Crippen MR) is 64.1 cm³/mol. The molecule has 150 valence electrons. The molecule has 0 aliphatic heterocycles. The first-order chi connectivity index (χ1) is 3.46. The number of rotatable bonds is 0. The number of hydrogen-bond donors (Lipinski definition) is 0. The van der Waals surface area contributed by atoms with E-state index in [0.717, 1.165) is 0 Å². The van der Waals surface area contributed by atoms with Gasteiger partial charge in [0.2, 0.25) is 0 Å². The first-order valence-corrected chi connectivity index (χ1v) is 1.10. The van der Waals surface area contributed by atoms with E-state index in [1.807, 2.05) is 0 Å². The number of nitrogens with zero attached hydrogens (tertiary/aromatic N) is 2. The monoisotopic (exact) mass is 635 g/mol. The van der Waals surface area contributed by atoms with Crippen molar-refractivity contribution in [1.82, 2.24) is 0 Å². The maximum atomic E-state index is 8.25. The van der Waals surface area contributed by atoms with Crippen LogP contribution in [0.2, 0.25) is 0 Å². The van der Waals surface area contributed by atoms with Crippen LogP contribution in [0.5, 0.6) is 0 Å². The third-order valence-electron chi connectivity index (χ3n) is 0. The molecule has 0 amide bonds. The van der Waals surface area contributed by atoms with Crippen molar-refractivity contribution in [3.8, 4) is 0 Å². The molecule has 2 radical (unpaired) electrons. The van der Waals surface area contributed by atoms with Crippen LogP contribution in [0.3, 0.4) is 0 Å².